The number of fused-ring (bicyclic) bond motifs is 1. The minimum absolute atomic E-state index is 0.0805. The lowest BCUT2D eigenvalue weighted by molar-refractivity contribution is -0.149. The molecule has 2 aliphatic heterocycles. The molecule has 152 valence electrons. The van der Waals surface area contributed by atoms with Crippen molar-refractivity contribution in [3.8, 4) is 0 Å². The minimum Gasteiger partial charge on any atom is -0.372 e. The van der Waals surface area contributed by atoms with Crippen LogP contribution in [0.4, 0.5) is 15.8 Å². The molecule has 1 fully saturated rings. The van der Waals surface area contributed by atoms with Crippen molar-refractivity contribution >= 4 is 45.8 Å². The van der Waals surface area contributed by atoms with E-state index in [0.717, 1.165) is 17.3 Å². The predicted octanol–water partition coefficient (Wildman–Crippen LogP) is 1.85. The van der Waals surface area contributed by atoms with Crippen LogP contribution in [0.5, 0.6) is 0 Å². The van der Waals surface area contributed by atoms with Crippen LogP contribution >= 0.6 is 11.6 Å². The third-order valence-corrected chi connectivity index (χ3v) is 6.20. The fourth-order valence-corrected chi connectivity index (χ4v) is 4.75. The van der Waals surface area contributed by atoms with Crippen molar-refractivity contribution in [2.45, 2.75) is 24.3 Å². The molecule has 4 rings (SSSR count). The Morgan fingerprint density at radius 2 is 2.14 bits per heavy atom. The van der Waals surface area contributed by atoms with Gasteiger partial charge < -0.3 is 20.0 Å². The summed E-state index contributed by atoms with van der Waals surface area (Å²) in [5.41, 5.74) is 0.262. The number of nitrogens with zero attached hydrogens (tertiary/aromatic N) is 1. The summed E-state index contributed by atoms with van der Waals surface area (Å²) in [5.74, 6) is -1.81. The van der Waals surface area contributed by atoms with Crippen LogP contribution in [0, 0.1) is 5.82 Å². The number of carbonyl (C=O) groups excluding carboxylic acids is 2. The maximum absolute atomic E-state index is 13.4. The summed E-state index contributed by atoms with van der Waals surface area (Å²) >= 11 is 5.79. The van der Waals surface area contributed by atoms with E-state index in [-0.39, 0.29) is 24.5 Å². The maximum atomic E-state index is 13.4. The summed E-state index contributed by atoms with van der Waals surface area (Å²) < 4.78 is 27.9. The van der Waals surface area contributed by atoms with Crippen molar-refractivity contribution in [1.29, 1.82) is 0 Å². The van der Waals surface area contributed by atoms with Gasteiger partial charge in [-0.3, -0.25) is 9.59 Å². The minimum atomic E-state index is -2.21. The van der Waals surface area contributed by atoms with Gasteiger partial charge in [-0.2, -0.15) is 0 Å². The van der Waals surface area contributed by atoms with E-state index in [4.69, 9.17) is 11.6 Å². The number of hydrogen-bond donors (Lipinski definition) is 3. The molecular formula is C19H17ClFN3O4S. The summed E-state index contributed by atoms with van der Waals surface area (Å²) in [6, 6.07) is 8.95. The van der Waals surface area contributed by atoms with E-state index in [1.54, 1.807) is 18.2 Å². The number of amides is 2. The van der Waals surface area contributed by atoms with Gasteiger partial charge in [0.15, 0.2) is 0 Å². The number of benzene rings is 2. The molecule has 1 saturated heterocycles. The number of anilines is 2. The SMILES string of the molecule is O=C(NCc1cc(F)cc(Cl)c1)C1(O)CCN(c2ccc3c(c2)CS(=O)N3)C1=O. The Kier molecular flexibility index (Phi) is 5.05. The molecule has 10 heteroatoms. The van der Waals surface area contributed by atoms with Gasteiger partial charge in [-0.25, -0.2) is 8.60 Å². The first-order valence-electron chi connectivity index (χ1n) is 8.82. The lowest BCUT2D eigenvalue weighted by Gasteiger charge is -2.22. The molecule has 2 aromatic rings. The van der Waals surface area contributed by atoms with Crippen LogP contribution in [-0.4, -0.2) is 33.3 Å². The van der Waals surface area contributed by atoms with E-state index < -0.39 is 34.2 Å². The number of rotatable bonds is 4. The van der Waals surface area contributed by atoms with Gasteiger partial charge in [-0.1, -0.05) is 11.6 Å². The molecule has 2 unspecified atom stereocenters. The highest BCUT2D eigenvalue weighted by Crippen LogP contribution is 2.33. The smallest absolute Gasteiger partial charge is 0.268 e. The average molecular weight is 438 g/mol. The Morgan fingerprint density at radius 3 is 2.90 bits per heavy atom. The van der Waals surface area contributed by atoms with Crippen LogP contribution in [0.15, 0.2) is 36.4 Å². The molecule has 7 nitrogen and oxygen atoms in total. The van der Waals surface area contributed by atoms with Gasteiger partial charge in [0.1, 0.15) is 16.8 Å². The molecule has 2 aromatic carbocycles. The highest BCUT2D eigenvalue weighted by atomic mass is 35.5. The van der Waals surface area contributed by atoms with Crippen molar-refractivity contribution in [2.24, 2.45) is 0 Å². The second-order valence-corrected chi connectivity index (χ2v) is 8.58. The summed E-state index contributed by atoms with van der Waals surface area (Å²) in [6.07, 6.45) is -0.0805. The molecule has 2 aliphatic rings. The largest absolute Gasteiger partial charge is 0.372 e. The van der Waals surface area contributed by atoms with Gasteiger partial charge in [-0.15, -0.1) is 0 Å². The highest BCUT2D eigenvalue weighted by molar-refractivity contribution is 7.86. The molecule has 29 heavy (non-hydrogen) atoms. The molecule has 0 spiro atoms. The van der Waals surface area contributed by atoms with Gasteiger partial charge in [-0.05, 0) is 47.5 Å². The number of halogens is 2. The van der Waals surface area contributed by atoms with Crippen LogP contribution in [-0.2, 0) is 32.9 Å². The zero-order valence-electron chi connectivity index (χ0n) is 15.1. The standard InChI is InChI=1S/C19H17ClFN3O4S/c20-13-5-11(6-14(21)8-13)9-22-17(25)19(27)3-4-24(18(19)26)15-1-2-16-12(7-15)10-29(28)23-16/h1-2,5-8,23,27H,3-4,9-10H2,(H,22,25). The molecular weight excluding hydrogens is 421 g/mol. The normalized spacial score (nSPS) is 23.1. The van der Waals surface area contributed by atoms with Crippen molar-refractivity contribution in [1.82, 2.24) is 5.32 Å². The first kappa shape index (κ1) is 19.8. The van der Waals surface area contributed by atoms with E-state index >= 15 is 0 Å². The van der Waals surface area contributed by atoms with Gasteiger partial charge >= 0.3 is 0 Å². The van der Waals surface area contributed by atoms with Crippen LogP contribution in [0.2, 0.25) is 5.02 Å². The number of hydrogen-bond acceptors (Lipinski definition) is 4. The zero-order valence-corrected chi connectivity index (χ0v) is 16.6. The number of nitrogens with one attached hydrogen (secondary N) is 2. The second-order valence-electron chi connectivity index (χ2n) is 6.96. The number of carbonyl (C=O) groups is 2. The monoisotopic (exact) mass is 437 g/mol. The summed E-state index contributed by atoms with van der Waals surface area (Å²) in [7, 11) is -1.19. The Bertz CT molecular complexity index is 1030. The first-order chi connectivity index (χ1) is 13.8. The summed E-state index contributed by atoms with van der Waals surface area (Å²) in [6.45, 7) is 0.0755. The Hall–Kier alpha value is -2.49. The lowest BCUT2D eigenvalue weighted by Crippen LogP contribution is -2.52. The van der Waals surface area contributed by atoms with Gasteiger partial charge in [0, 0.05) is 30.2 Å². The summed E-state index contributed by atoms with van der Waals surface area (Å²) in [5, 5.41) is 13.4. The third-order valence-electron chi connectivity index (χ3n) is 4.96. The van der Waals surface area contributed by atoms with Crippen molar-refractivity contribution < 1.29 is 23.3 Å². The molecule has 0 saturated carbocycles. The molecule has 2 heterocycles. The molecule has 0 radical (unpaired) electrons. The highest BCUT2D eigenvalue weighted by Gasteiger charge is 2.51. The maximum Gasteiger partial charge on any atom is 0.268 e. The Morgan fingerprint density at radius 1 is 1.34 bits per heavy atom. The molecule has 2 atom stereocenters. The fraction of sp³-hybridized carbons (Fsp3) is 0.263. The van der Waals surface area contributed by atoms with Crippen LogP contribution in [0.25, 0.3) is 0 Å². The van der Waals surface area contributed by atoms with Crippen LogP contribution in [0.3, 0.4) is 0 Å². The van der Waals surface area contributed by atoms with Crippen molar-refractivity contribution in [2.75, 3.05) is 16.2 Å². The van der Waals surface area contributed by atoms with E-state index in [9.17, 15) is 23.3 Å². The van der Waals surface area contributed by atoms with Crippen LogP contribution < -0.4 is 14.9 Å². The molecule has 0 aliphatic carbocycles. The topological polar surface area (TPSA) is 98.7 Å². The van der Waals surface area contributed by atoms with Crippen LogP contribution in [0.1, 0.15) is 17.5 Å². The van der Waals surface area contributed by atoms with E-state index in [2.05, 4.69) is 10.0 Å². The second kappa shape index (κ2) is 7.40. The van der Waals surface area contributed by atoms with E-state index in [1.807, 2.05) is 0 Å². The van der Waals surface area contributed by atoms with E-state index in [1.165, 1.54) is 17.0 Å². The van der Waals surface area contributed by atoms with Gasteiger partial charge in [0.05, 0.1) is 11.4 Å². The van der Waals surface area contributed by atoms with Crippen molar-refractivity contribution in [3.05, 3.63) is 58.4 Å². The first-order valence-corrected chi connectivity index (χ1v) is 10.5. The quantitative estimate of drug-likeness (QED) is 0.636. The predicted molar refractivity (Wildman–Crippen MR) is 107 cm³/mol. The fourth-order valence-electron chi connectivity index (χ4n) is 3.47. The zero-order chi connectivity index (χ0) is 20.8. The van der Waals surface area contributed by atoms with Gasteiger partial charge in [0.25, 0.3) is 11.8 Å². The molecule has 3 N–H and O–H groups in total. The molecule has 0 bridgehead atoms. The molecule has 0 aromatic heterocycles. The Balaban J connectivity index is 1.47. The van der Waals surface area contributed by atoms with Crippen molar-refractivity contribution in [3.63, 3.8) is 0 Å². The lowest BCUT2D eigenvalue weighted by atomic mass is 10.0. The Labute approximate surface area is 173 Å². The van der Waals surface area contributed by atoms with Gasteiger partial charge in [0.2, 0.25) is 5.60 Å². The summed E-state index contributed by atoms with van der Waals surface area (Å²) in [4.78, 5) is 26.7. The third kappa shape index (κ3) is 3.73. The number of aliphatic hydroxyl groups is 1. The van der Waals surface area contributed by atoms with E-state index in [0.29, 0.717) is 17.0 Å². The molecule has 2 amide bonds. The average Bonchev–Trinajstić information content (AvgIpc) is 3.18.